The maximum Gasteiger partial charge on any atom is 0.308 e. The van der Waals surface area contributed by atoms with Crippen LogP contribution in [0.5, 0.6) is 0 Å². The van der Waals surface area contributed by atoms with E-state index in [9.17, 15) is 4.79 Å². The number of aromatic nitrogens is 2. The average Bonchev–Trinajstić information content (AvgIpc) is 2.88. The molecule has 0 atom stereocenters. The molecular formula is C9H13N3O2. The highest BCUT2D eigenvalue weighted by molar-refractivity contribution is 5.73. The van der Waals surface area contributed by atoms with Gasteiger partial charge in [-0.25, -0.2) is 0 Å². The van der Waals surface area contributed by atoms with E-state index in [1.165, 1.54) is 0 Å². The van der Waals surface area contributed by atoms with Gasteiger partial charge in [0.1, 0.15) is 5.82 Å². The Balaban J connectivity index is 2.37. The van der Waals surface area contributed by atoms with Crippen LogP contribution in [-0.4, -0.2) is 20.9 Å². The minimum absolute atomic E-state index is 0.0223. The van der Waals surface area contributed by atoms with Gasteiger partial charge < -0.3 is 10.8 Å². The Labute approximate surface area is 81.5 Å². The van der Waals surface area contributed by atoms with E-state index in [4.69, 9.17) is 10.8 Å². The number of aliphatic carboxylic acids is 1. The van der Waals surface area contributed by atoms with Gasteiger partial charge >= 0.3 is 5.97 Å². The summed E-state index contributed by atoms with van der Waals surface area (Å²) in [5, 5.41) is 13.0. The second kappa shape index (κ2) is 3.01. The fourth-order valence-corrected chi connectivity index (χ4v) is 1.62. The molecule has 76 valence electrons. The zero-order valence-electron chi connectivity index (χ0n) is 8.03. The van der Waals surface area contributed by atoms with Gasteiger partial charge in [-0.2, -0.15) is 5.10 Å². The first-order chi connectivity index (χ1) is 6.59. The standard InChI is InChI=1S/C9H13N3O2/c1-12-9(10)6(4-7(13)14)8(11-12)5-2-3-5/h5H,2-4,10H2,1H3,(H,13,14). The van der Waals surface area contributed by atoms with Crippen molar-refractivity contribution in [3.63, 3.8) is 0 Å². The Hall–Kier alpha value is -1.52. The van der Waals surface area contributed by atoms with Gasteiger partial charge in [-0.1, -0.05) is 0 Å². The highest BCUT2D eigenvalue weighted by atomic mass is 16.4. The van der Waals surface area contributed by atoms with E-state index >= 15 is 0 Å². The fourth-order valence-electron chi connectivity index (χ4n) is 1.62. The van der Waals surface area contributed by atoms with Gasteiger partial charge in [0, 0.05) is 18.5 Å². The van der Waals surface area contributed by atoms with Gasteiger partial charge in [-0.3, -0.25) is 9.48 Å². The molecule has 1 saturated carbocycles. The predicted molar refractivity (Wildman–Crippen MR) is 50.9 cm³/mol. The largest absolute Gasteiger partial charge is 0.481 e. The van der Waals surface area contributed by atoms with Crippen LogP contribution in [0.3, 0.4) is 0 Å². The molecule has 0 bridgehead atoms. The van der Waals surface area contributed by atoms with Crippen molar-refractivity contribution >= 4 is 11.8 Å². The summed E-state index contributed by atoms with van der Waals surface area (Å²) in [7, 11) is 1.74. The molecule has 1 fully saturated rings. The van der Waals surface area contributed by atoms with Crippen LogP contribution in [0.4, 0.5) is 5.82 Å². The van der Waals surface area contributed by atoms with Crippen LogP contribution < -0.4 is 5.73 Å². The lowest BCUT2D eigenvalue weighted by molar-refractivity contribution is -0.136. The number of hydrogen-bond acceptors (Lipinski definition) is 3. The van der Waals surface area contributed by atoms with Crippen molar-refractivity contribution in [1.29, 1.82) is 0 Å². The van der Waals surface area contributed by atoms with Crippen molar-refractivity contribution in [2.75, 3.05) is 5.73 Å². The van der Waals surface area contributed by atoms with E-state index in [0.717, 1.165) is 18.5 Å². The van der Waals surface area contributed by atoms with Crippen LogP contribution in [0, 0.1) is 0 Å². The molecule has 5 heteroatoms. The molecule has 0 saturated heterocycles. The Bertz CT molecular complexity index is 380. The van der Waals surface area contributed by atoms with Crippen LogP contribution in [-0.2, 0) is 18.3 Å². The minimum Gasteiger partial charge on any atom is -0.481 e. The number of nitrogens with zero attached hydrogens (tertiary/aromatic N) is 2. The Morgan fingerprint density at radius 2 is 2.36 bits per heavy atom. The van der Waals surface area contributed by atoms with Crippen molar-refractivity contribution in [2.24, 2.45) is 7.05 Å². The lowest BCUT2D eigenvalue weighted by Crippen LogP contribution is -2.05. The molecule has 0 spiro atoms. The quantitative estimate of drug-likeness (QED) is 0.736. The number of nitrogens with two attached hydrogens (primary N) is 1. The number of hydrogen-bond donors (Lipinski definition) is 2. The van der Waals surface area contributed by atoms with Crippen molar-refractivity contribution in [3.05, 3.63) is 11.3 Å². The lowest BCUT2D eigenvalue weighted by atomic mass is 10.1. The number of carbonyl (C=O) groups is 1. The summed E-state index contributed by atoms with van der Waals surface area (Å²) in [6, 6.07) is 0. The summed E-state index contributed by atoms with van der Waals surface area (Å²) < 4.78 is 1.56. The van der Waals surface area contributed by atoms with Gasteiger partial charge in [-0.05, 0) is 12.8 Å². The number of nitrogen functional groups attached to an aromatic ring is 1. The minimum atomic E-state index is -0.855. The van der Waals surface area contributed by atoms with Crippen LogP contribution in [0.2, 0.25) is 0 Å². The molecule has 0 amide bonds. The number of carboxylic acid groups (broad SMARTS) is 1. The first-order valence-electron chi connectivity index (χ1n) is 4.62. The maximum absolute atomic E-state index is 10.6. The highest BCUT2D eigenvalue weighted by Gasteiger charge is 2.31. The van der Waals surface area contributed by atoms with Crippen molar-refractivity contribution in [1.82, 2.24) is 9.78 Å². The van der Waals surface area contributed by atoms with Crippen molar-refractivity contribution in [2.45, 2.75) is 25.2 Å². The summed E-state index contributed by atoms with van der Waals surface area (Å²) >= 11 is 0. The molecule has 1 aliphatic carbocycles. The van der Waals surface area contributed by atoms with E-state index in [-0.39, 0.29) is 6.42 Å². The second-order valence-corrected chi connectivity index (χ2v) is 3.72. The van der Waals surface area contributed by atoms with Crippen molar-refractivity contribution < 1.29 is 9.90 Å². The van der Waals surface area contributed by atoms with E-state index in [1.54, 1.807) is 11.7 Å². The third kappa shape index (κ3) is 1.45. The van der Waals surface area contributed by atoms with Crippen LogP contribution in [0.25, 0.3) is 0 Å². The number of aryl methyl sites for hydroxylation is 1. The van der Waals surface area contributed by atoms with Gasteiger partial charge in [0.25, 0.3) is 0 Å². The van der Waals surface area contributed by atoms with E-state index in [2.05, 4.69) is 5.10 Å². The Kier molecular flexibility index (Phi) is 1.94. The third-order valence-corrected chi connectivity index (χ3v) is 2.52. The van der Waals surface area contributed by atoms with Crippen LogP contribution >= 0.6 is 0 Å². The zero-order valence-corrected chi connectivity index (χ0v) is 8.03. The SMILES string of the molecule is Cn1nc(C2CC2)c(CC(=O)O)c1N. The van der Waals surface area contributed by atoms with E-state index in [0.29, 0.717) is 17.3 Å². The topological polar surface area (TPSA) is 81.1 Å². The first-order valence-corrected chi connectivity index (χ1v) is 4.62. The molecule has 2 rings (SSSR count). The average molecular weight is 195 g/mol. The van der Waals surface area contributed by atoms with Gasteiger partial charge in [0.2, 0.25) is 0 Å². The predicted octanol–water partition coefficient (Wildman–Crippen LogP) is 0.507. The lowest BCUT2D eigenvalue weighted by Gasteiger charge is -1.98. The molecule has 1 heterocycles. The summed E-state index contributed by atoms with van der Waals surface area (Å²) in [5.74, 6) is 0.0637. The molecule has 14 heavy (non-hydrogen) atoms. The van der Waals surface area contributed by atoms with Gasteiger partial charge in [0.05, 0.1) is 12.1 Å². The summed E-state index contributed by atoms with van der Waals surface area (Å²) in [6.07, 6.45) is 2.18. The smallest absolute Gasteiger partial charge is 0.308 e. The van der Waals surface area contributed by atoms with Crippen LogP contribution in [0.15, 0.2) is 0 Å². The molecule has 1 aliphatic rings. The Morgan fingerprint density at radius 3 is 2.86 bits per heavy atom. The summed E-state index contributed by atoms with van der Waals surface area (Å²) in [6.45, 7) is 0. The molecule has 0 aliphatic heterocycles. The normalized spacial score (nSPS) is 15.8. The Morgan fingerprint density at radius 1 is 1.71 bits per heavy atom. The molecule has 0 unspecified atom stereocenters. The molecule has 3 N–H and O–H groups in total. The summed E-state index contributed by atoms with van der Waals surface area (Å²) in [5.41, 5.74) is 7.33. The molecule has 1 aromatic heterocycles. The summed E-state index contributed by atoms with van der Waals surface area (Å²) in [4.78, 5) is 10.6. The molecule has 1 aromatic rings. The van der Waals surface area contributed by atoms with Crippen LogP contribution in [0.1, 0.15) is 30.0 Å². The van der Waals surface area contributed by atoms with Gasteiger partial charge in [-0.15, -0.1) is 0 Å². The molecular weight excluding hydrogens is 182 g/mol. The molecule has 0 radical (unpaired) electrons. The number of anilines is 1. The number of carboxylic acids is 1. The second-order valence-electron chi connectivity index (χ2n) is 3.72. The van der Waals surface area contributed by atoms with Gasteiger partial charge in [0.15, 0.2) is 0 Å². The maximum atomic E-state index is 10.6. The number of rotatable bonds is 3. The zero-order chi connectivity index (χ0) is 10.3. The monoisotopic (exact) mass is 195 g/mol. The van der Waals surface area contributed by atoms with E-state index < -0.39 is 5.97 Å². The molecule has 5 nitrogen and oxygen atoms in total. The third-order valence-electron chi connectivity index (χ3n) is 2.52. The highest BCUT2D eigenvalue weighted by Crippen LogP contribution is 2.42. The fraction of sp³-hybridized carbons (Fsp3) is 0.556. The van der Waals surface area contributed by atoms with E-state index in [1.807, 2.05) is 0 Å². The molecule has 0 aromatic carbocycles. The first kappa shape index (κ1) is 9.05. The van der Waals surface area contributed by atoms with Crippen molar-refractivity contribution in [3.8, 4) is 0 Å².